The first-order chi connectivity index (χ1) is 8.70. The molecule has 0 aliphatic rings. The molecule has 2 aromatic rings. The van der Waals surface area contributed by atoms with Crippen molar-refractivity contribution in [1.29, 1.82) is 0 Å². The number of hydrogen-bond donors (Lipinski definition) is 2. The molecule has 0 aromatic carbocycles. The zero-order valence-corrected chi connectivity index (χ0v) is 10.1. The summed E-state index contributed by atoms with van der Waals surface area (Å²) in [6.07, 6.45) is 6.52. The molecule has 0 fully saturated rings. The summed E-state index contributed by atoms with van der Waals surface area (Å²) < 4.78 is 1.59. The highest BCUT2D eigenvalue weighted by Gasteiger charge is 2.06. The predicted octanol–water partition coefficient (Wildman–Crippen LogP) is 0.476. The molecule has 0 unspecified atom stereocenters. The van der Waals surface area contributed by atoms with Crippen LogP contribution in [0.25, 0.3) is 5.69 Å². The van der Waals surface area contributed by atoms with Gasteiger partial charge in [-0.1, -0.05) is 6.92 Å². The van der Waals surface area contributed by atoms with Crippen LogP contribution in [0.5, 0.6) is 0 Å². The number of amides is 1. The first kappa shape index (κ1) is 12.3. The SMILES string of the molecule is CCNCc1cncc(-n2cc(C(N)=O)cn2)c1. The number of hydrogen-bond acceptors (Lipinski definition) is 4. The monoisotopic (exact) mass is 245 g/mol. The van der Waals surface area contributed by atoms with Crippen molar-refractivity contribution in [2.45, 2.75) is 13.5 Å². The summed E-state index contributed by atoms with van der Waals surface area (Å²) in [5, 5.41) is 7.31. The van der Waals surface area contributed by atoms with Crippen molar-refractivity contribution in [1.82, 2.24) is 20.1 Å². The topological polar surface area (TPSA) is 85.8 Å². The van der Waals surface area contributed by atoms with Crippen molar-refractivity contribution in [2.24, 2.45) is 5.73 Å². The smallest absolute Gasteiger partial charge is 0.251 e. The van der Waals surface area contributed by atoms with Gasteiger partial charge in [0.05, 0.1) is 23.6 Å². The van der Waals surface area contributed by atoms with E-state index in [1.54, 1.807) is 23.3 Å². The van der Waals surface area contributed by atoms with E-state index in [2.05, 4.69) is 15.4 Å². The van der Waals surface area contributed by atoms with Crippen LogP contribution < -0.4 is 11.1 Å². The van der Waals surface area contributed by atoms with Crippen LogP contribution in [0.3, 0.4) is 0 Å². The lowest BCUT2D eigenvalue weighted by atomic mass is 10.2. The van der Waals surface area contributed by atoms with Gasteiger partial charge >= 0.3 is 0 Å². The number of pyridine rings is 1. The van der Waals surface area contributed by atoms with Crippen molar-refractivity contribution >= 4 is 5.91 Å². The number of aromatic nitrogens is 3. The third-order valence-corrected chi connectivity index (χ3v) is 2.49. The molecule has 0 radical (unpaired) electrons. The largest absolute Gasteiger partial charge is 0.366 e. The summed E-state index contributed by atoms with van der Waals surface area (Å²) in [5.41, 5.74) is 7.43. The molecule has 0 aliphatic heterocycles. The minimum absolute atomic E-state index is 0.382. The van der Waals surface area contributed by atoms with Crippen molar-refractivity contribution < 1.29 is 4.79 Å². The van der Waals surface area contributed by atoms with E-state index in [4.69, 9.17) is 5.73 Å². The number of nitrogens with two attached hydrogens (primary N) is 1. The third kappa shape index (κ3) is 2.72. The van der Waals surface area contributed by atoms with Crippen LogP contribution in [0.1, 0.15) is 22.8 Å². The predicted molar refractivity (Wildman–Crippen MR) is 67.3 cm³/mol. The summed E-state index contributed by atoms with van der Waals surface area (Å²) >= 11 is 0. The second-order valence-electron chi connectivity index (χ2n) is 3.87. The van der Waals surface area contributed by atoms with Gasteiger partial charge in [-0.3, -0.25) is 9.78 Å². The number of rotatable bonds is 5. The maximum Gasteiger partial charge on any atom is 0.251 e. The molecule has 2 rings (SSSR count). The van der Waals surface area contributed by atoms with Gasteiger partial charge in [0.2, 0.25) is 0 Å². The normalized spacial score (nSPS) is 10.5. The van der Waals surface area contributed by atoms with Gasteiger partial charge in [-0.2, -0.15) is 5.10 Å². The lowest BCUT2D eigenvalue weighted by molar-refractivity contribution is 0.100. The van der Waals surface area contributed by atoms with Gasteiger partial charge in [0.15, 0.2) is 0 Å². The van der Waals surface area contributed by atoms with Gasteiger partial charge in [-0.05, 0) is 18.2 Å². The molecule has 0 aliphatic carbocycles. The number of primary amides is 1. The maximum absolute atomic E-state index is 11.0. The minimum Gasteiger partial charge on any atom is -0.366 e. The lowest BCUT2D eigenvalue weighted by Crippen LogP contribution is -2.12. The molecule has 0 saturated carbocycles. The molecule has 1 amide bonds. The van der Waals surface area contributed by atoms with Gasteiger partial charge in [0.25, 0.3) is 5.91 Å². The van der Waals surface area contributed by atoms with E-state index in [-0.39, 0.29) is 0 Å². The summed E-state index contributed by atoms with van der Waals surface area (Å²) in [6, 6.07) is 1.97. The zero-order valence-electron chi connectivity index (χ0n) is 10.1. The summed E-state index contributed by atoms with van der Waals surface area (Å²) in [4.78, 5) is 15.1. The van der Waals surface area contributed by atoms with Crippen molar-refractivity contribution in [3.63, 3.8) is 0 Å². The molecule has 6 nitrogen and oxygen atoms in total. The highest BCUT2D eigenvalue weighted by atomic mass is 16.1. The van der Waals surface area contributed by atoms with Crippen LogP contribution in [-0.2, 0) is 6.54 Å². The fourth-order valence-corrected chi connectivity index (χ4v) is 1.56. The van der Waals surface area contributed by atoms with E-state index in [1.807, 2.05) is 13.0 Å². The van der Waals surface area contributed by atoms with Gasteiger partial charge < -0.3 is 11.1 Å². The molecular formula is C12H15N5O. The highest BCUT2D eigenvalue weighted by Crippen LogP contribution is 2.09. The van der Waals surface area contributed by atoms with Crippen molar-refractivity contribution in [2.75, 3.05) is 6.54 Å². The molecule has 2 heterocycles. The van der Waals surface area contributed by atoms with Crippen LogP contribution >= 0.6 is 0 Å². The Kier molecular flexibility index (Phi) is 3.69. The fraction of sp³-hybridized carbons (Fsp3) is 0.250. The van der Waals surface area contributed by atoms with E-state index < -0.39 is 5.91 Å². The van der Waals surface area contributed by atoms with Gasteiger partial charge in [-0.15, -0.1) is 0 Å². The summed E-state index contributed by atoms with van der Waals surface area (Å²) in [7, 11) is 0. The number of nitrogens with zero attached hydrogens (tertiary/aromatic N) is 3. The van der Waals surface area contributed by atoms with Crippen molar-refractivity contribution in [3.05, 3.63) is 42.0 Å². The van der Waals surface area contributed by atoms with Crippen molar-refractivity contribution in [3.8, 4) is 5.69 Å². The van der Waals surface area contributed by atoms with Crippen LogP contribution in [0, 0.1) is 0 Å². The first-order valence-corrected chi connectivity index (χ1v) is 5.70. The molecule has 0 atom stereocenters. The Morgan fingerprint density at radius 3 is 2.94 bits per heavy atom. The molecular weight excluding hydrogens is 230 g/mol. The Morgan fingerprint density at radius 1 is 1.44 bits per heavy atom. The molecule has 0 spiro atoms. The highest BCUT2D eigenvalue weighted by molar-refractivity contribution is 5.92. The van der Waals surface area contributed by atoms with Crippen LogP contribution in [0.4, 0.5) is 0 Å². The molecule has 2 aromatic heterocycles. The first-order valence-electron chi connectivity index (χ1n) is 5.70. The van der Waals surface area contributed by atoms with Gasteiger partial charge in [0.1, 0.15) is 0 Å². The fourth-order valence-electron chi connectivity index (χ4n) is 1.56. The third-order valence-electron chi connectivity index (χ3n) is 2.49. The second-order valence-corrected chi connectivity index (χ2v) is 3.87. The maximum atomic E-state index is 11.0. The molecule has 3 N–H and O–H groups in total. The number of nitrogens with one attached hydrogen (secondary N) is 1. The number of carbonyl (C=O) groups is 1. The Bertz CT molecular complexity index is 549. The Labute approximate surface area is 105 Å². The molecule has 0 bridgehead atoms. The molecule has 6 heteroatoms. The van der Waals surface area contributed by atoms with Crippen LogP contribution in [0.15, 0.2) is 30.9 Å². The van der Waals surface area contributed by atoms with Crippen LogP contribution in [-0.4, -0.2) is 27.2 Å². The molecule has 0 saturated heterocycles. The Morgan fingerprint density at radius 2 is 2.28 bits per heavy atom. The second kappa shape index (κ2) is 5.42. The Balaban J connectivity index is 2.23. The van der Waals surface area contributed by atoms with Crippen LogP contribution in [0.2, 0.25) is 0 Å². The molecule has 18 heavy (non-hydrogen) atoms. The van der Waals surface area contributed by atoms with Gasteiger partial charge in [-0.25, -0.2) is 4.68 Å². The number of carbonyl (C=O) groups excluding carboxylic acids is 1. The van der Waals surface area contributed by atoms with E-state index in [0.717, 1.165) is 24.3 Å². The molecule has 94 valence electrons. The average molecular weight is 245 g/mol. The summed E-state index contributed by atoms with van der Waals surface area (Å²) in [6.45, 7) is 3.70. The van der Waals surface area contributed by atoms with E-state index in [9.17, 15) is 4.79 Å². The quantitative estimate of drug-likeness (QED) is 0.802. The average Bonchev–Trinajstić information content (AvgIpc) is 2.86. The minimum atomic E-state index is -0.488. The Hall–Kier alpha value is -2.21. The van der Waals surface area contributed by atoms with E-state index >= 15 is 0 Å². The van der Waals surface area contributed by atoms with E-state index in [1.165, 1.54) is 6.20 Å². The standard InChI is InChI=1S/C12H15N5O/c1-2-14-4-9-3-11(7-15-5-9)17-8-10(6-16-17)12(13)18/h3,5-8,14H,2,4H2,1H3,(H2,13,18). The van der Waals surface area contributed by atoms with E-state index in [0.29, 0.717) is 5.56 Å². The van der Waals surface area contributed by atoms with Gasteiger partial charge in [0, 0.05) is 18.9 Å². The zero-order chi connectivity index (χ0) is 13.0. The lowest BCUT2D eigenvalue weighted by Gasteiger charge is -2.05. The summed E-state index contributed by atoms with van der Waals surface area (Å²) in [5.74, 6) is -0.488.